The fourth-order valence-corrected chi connectivity index (χ4v) is 5.18. The van der Waals surface area contributed by atoms with E-state index in [2.05, 4.69) is 32.0 Å². The molecule has 3 heterocycles. The van der Waals surface area contributed by atoms with Crippen LogP contribution in [-0.2, 0) is 11.2 Å². The van der Waals surface area contributed by atoms with Crippen LogP contribution in [0.3, 0.4) is 0 Å². The predicted molar refractivity (Wildman–Crippen MR) is 116 cm³/mol. The number of benzene rings is 2. The van der Waals surface area contributed by atoms with Gasteiger partial charge in [0.2, 0.25) is 0 Å². The number of nitrogens with zero attached hydrogens (tertiary/aromatic N) is 4. The van der Waals surface area contributed by atoms with Gasteiger partial charge in [-0.2, -0.15) is 0 Å². The smallest absolute Gasteiger partial charge is 0.257 e. The molecule has 4 aromatic rings. The standard InChI is InChI=1S/C22H17BrFN5O2/c23-12-1-2-13-11(5-12)6-19-20(13)28(3-4-31-19)22(30)14-7-17-16(8-15(14)24)27-21(25)18-9-26-10-29(17)18/h1-2,5,7-10,19-20H,3-4,6H2,(H2,25,27)/t19-,20+/m1/s1. The number of rotatable bonds is 1. The Morgan fingerprint density at radius 3 is 3.00 bits per heavy atom. The molecule has 1 amide bonds. The van der Waals surface area contributed by atoms with Crippen molar-refractivity contribution in [2.75, 3.05) is 18.9 Å². The number of nitrogen functional groups attached to an aromatic ring is 1. The van der Waals surface area contributed by atoms with Crippen LogP contribution in [0.25, 0.3) is 16.6 Å². The molecule has 0 spiro atoms. The molecule has 2 aromatic heterocycles. The first-order chi connectivity index (χ1) is 15.0. The van der Waals surface area contributed by atoms with Crippen LogP contribution < -0.4 is 5.73 Å². The zero-order chi connectivity index (χ0) is 21.3. The van der Waals surface area contributed by atoms with Crippen LogP contribution in [-0.4, -0.2) is 44.4 Å². The molecule has 1 fully saturated rings. The van der Waals surface area contributed by atoms with E-state index in [0.717, 1.165) is 22.0 Å². The molecule has 0 unspecified atom stereocenters. The predicted octanol–water partition coefficient (Wildman–Crippen LogP) is 3.50. The third-order valence-electron chi connectivity index (χ3n) is 6.15. The number of morpholine rings is 1. The monoisotopic (exact) mass is 481 g/mol. The summed E-state index contributed by atoms with van der Waals surface area (Å²) in [5.74, 6) is -0.729. The van der Waals surface area contributed by atoms with Gasteiger partial charge in [0.05, 0.1) is 47.9 Å². The average Bonchev–Trinajstić information content (AvgIpc) is 3.37. The van der Waals surface area contributed by atoms with Gasteiger partial charge in [-0.25, -0.2) is 14.4 Å². The lowest BCUT2D eigenvalue weighted by Crippen LogP contribution is -2.46. The Morgan fingerprint density at radius 2 is 2.13 bits per heavy atom. The maximum Gasteiger partial charge on any atom is 0.257 e. The Kier molecular flexibility index (Phi) is 4.06. The lowest BCUT2D eigenvalue weighted by atomic mass is 10.0. The lowest BCUT2D eigenvalue weighted by Gasteiger charge is -2.38. The molecular formula is C22H17BrFN5O2. The summed E-state index contributed by atoms with van der Waals surface area (Å²) in [6.45, 7) is 0.814. The number of aromatic nitrogens is 3. The molecule has 0 radical (unpaired) electrons. The Hall–Kier alpha value is -3.04. The van der Waals surface area contributed by atoms with Gasteiger partial charge in [-0.15, -0.1) is 0 Å². The number of imidazole rings is 1. The summed E-state index contributed by atoms with van der Waals surface area (Å²) in [5.41, 5.74) is 9.71. The van der Waals surface area contributed by atoms with E-state index in [1.165, 1.54) is 12.1 Å². The van der Waals surface area contributed by atoms with Crippen LogP contribution in [0, 0.1) is 5.82 Å². The van der Waals surface area contributed by atoms with Gasteiger partial charge in [0.25, 0.3) is 5.91 Å². The van der Waals surface area contributed by atoms with Crippen LogP contribution in [0.4, 0.5) is 10.2 Å². The maximum atomic E-state index is 15.1. The van der Waals surface area contributed by atoms with E-state index < -0.39 is 5.82 Å². The minimum Gasteiger partial charge on any atom is -0.382 e. The van der Waals surface area contributed by atoms with Gasteiger partial charge in [-0.3, -0.25) is 9.20 Å². The van der Waals surface area contributed by atoms with E-state index in [-0.39, 0.29) is 29.4 Å². The van der Waals surface area contributed by atoms with Crippen molar-refractivity contribution in [1.82, 2.24) is 19.3 Å². The second-order valence-electron chi connectivity index (χ2n) is 7.87. The fraction of sp³-hybridized carbons (Fsp3) is 0.227. The van der Waals surface area contributed by atoms with Gasteiger partial charge in [0, 0.05) is 23.5 Å². The zero-order valence-electron chi connectivity index (χ0n) is 16.3. The topological polar surface area (TPSA) is 85.8 Å². The third kappa shape index (κ3) is 2.76. The molecule has 2 N–H and O–H groups in total. The number of nitrogens with two attached hydrogens (primary N) is 1. The molecule has 7 nitrogen and oxygen atoms in total. The first-order valence-electron chi connectivity index (χ1n) is 9.93. The SMILES string of the molecule is Nc1nc2cc(F)c(C(=O)N3CCO[C@@H]4Cc5cc(Br)ccc5[C@@H]43)cc2n2cncc12. The first-order valence-corrected chi connectivity index (χ1v) is 10.7. The highest BCUT2D eigenvalue weighted by atomic mass is 79.9. The summed E-state index contributed by atoms with van der Waals surface area (Å²) in [7, 11) is 0. The summed E-state index contributed by atoms with van der Waals surface area (Å²) in [5, 5.41) is 0. The lowest BCUT2D eigenvalue weighted by molar-refractivity contribution is -0.0517. The number of carbonyl (C=O) groups is 1. The van der Waals surface area contributed by atoms with E-state index in [1.54, 1.807) is 21.8 Å². The molecule has 0 bridgehead atoms. The van der Waals surface area contributed by atoms with E-state index in [0.29, 0.717) is 29.7 Å². The van der Waals surface area contributed by atoms with Crippen LogP contribution in [0.15, 0.2) is 47.3 Å². The third-order valence-corrected chi connectivity index (χ3v) is 6.65. The Balaban J connectivity index is 1.47. The molecular weight excluding hydrogens is 465 g/mol. The van der Waals surface area contributed by atoms with Crippen LogP contribution >= 0.6 is 15.9 Å². The number of ether oxygens (including phenoxy) is 1. The molecule has 0 saturated carbocycles. The second-order valence-corrected chi connectivity index (χ2v) is 8.78. The summed E-state index contributed by atoms with van der Waals surface area (Å²) < 4.78 is 23.8. The van der Waals surface area contributed by atoms with Gasteiger partial charge in [-0.05, 0) is 29.3 Å². The number of fused-ring (bicyclic) bond motifs is 6. The molecule has 9 heteroatoms. The van der Waals surface area contributed by atoms with Crippen molar-refractivity contribution < 1.29 is 13.9 Å². The largest absolute Gasteiger partial charge is 0.382 e. The minimum atomic E-state index is -0.624. The van der Waals surface area contributed by atoms with Crippen molar-refractivity contribution in [3.05, 3.63) is 69.8 Å². The van der Waals surface area contributed by atoms with E-state index >= 15 is 4.39 Å². The highest BCUT2D eigenvalue weighted by molar-refractivity contribution is 9.10. The molecule has 1 aliphatic carbocycles. The van der Waals surface area contributed by atoms with Crippen LogP contribution in [0.5, 0.6) is 0 Å². The van der Waals surface area contributed by atoms with E-state index in [9.17, 15) is 4.79 Å². The Morgan fingerprint density at radius 1 is 1.26 bits per heavy atom. The zero-order valence-corrected chi connectivity index (χ0v) is 17.8. The van der Waals surface area contributed by atoms with Crippen molar-refractivity contribution in [3.8, 4) is 0 Å². The number of amides is 1. The molecule has 2 aliphatic rings. The molecule has 1 aliphatic heterocycles. The molecule has 6 rings (SSSR count). The molecule has 2 atom stereocenters. The summed E-state index contributed by atoms with van der Waals surface area (Å²) in [4.78, 5) is 23.7. The van der Waals surface area contributed by atoms with Gasteiger partial charge in [0.1, 0.15) is 17.2 Å². The Bertz CT molecular complexity index is 1390. The average molecular weight is 482 g/mol. The van der Waals surface area contributed by atoms with Crippen molar-refractivity contribution in [2.45, 2.75) is 18.6 Å². The molecule has 156 valence electrons. The van der Waals surface area contributed by atoms with Gasteiger partial charge >= 0.3 is 0 Å². The van der Waals surface area contributed by atoms with Crippen molar-refractivity contribution >= 4 is 44.2 Å². The molecule has 31 heavy (non-hydrogen) atoms. The van der Waals surface area contributed by atoms with Gasteiger partial charge < -0.3 is 15.4 Å². The van der Waals surface area contributed by atoms with Gasteiger partial charge in [0.15, 0.2) is 0 Å². The fourth-order valence-electron chi connectivity index (χ4n) is 4.77. The van der Waals surface area contributed by atoms with Crippen LogP contribution in [0.1, 0.15) is 27.5 Å². The first kappa shape index (κ1) is 18.7. The van der Waals surface area contributed by atoms with Crippen molar-refractivity contribution in [1.29, 1.82) is 0 Å². The number of hydrogen-bond acceptors (Lipinski definition) is 5. The number of halogens is 2. The summed E-state index contributed by atoms with van der Waals surface area (Å²) in [6.07, 6.45) is 3.76. The molecule has 1 saturated heterocycles. The van der Waals surface area contributed by atoms with Crippen LogP contribution in [0.2, 0.25) is 0 Å². The quantitative estimate of drug-likeness (QED) is 0.449. The summed E-state index contributed by atoms with van der Waals surface area (Å²) >= 11 is 3.51. The van der Waals surface area contributed by atoms with E-state index in [4.69, 9.17) is 10.5 Å². The number of anilines is 1. The highest BCUT2D eigenvalue weighted by Crippen LogP contribution is 2.41. The number of carbonyl (C=O) groups excluding carboxylic acids is 1. The normalized spacial score (nSPS) is 20.3. The number of hydrogen-bond donors (Lipinski definition) is 1. The minimum absolute atomic E-state index is 0.000262. The second kappa shape index (κ2) is 6.73. The highest BCUT2D eigenvalue weighted by Gasteiger charge is 2.42. The molecule has 2 aromatic carbocycles. The van der Waals surface area contributed by atoms with Crippen molar-refractivity contribution in [3.63, 3.8) is 0 Å². The maximum absolute atomic E-state index is 15.1. The van der Waals surface area contributed by atoms with E-state index in [1.807, 2.05) is 12.1 Å². The Labute approximate surface area is 184 Å². The van der Waals surface area contributed by atoms with Gasteiger partial charge in [-0.1, -0.05) is 22.0 Å². The van der Waals surface area contributed by atoms with Crippen molar-refractivity contribution in [2.24, 2.45) is 0 Å². The summed E-state index contributed by atoms with van der Waals surface area (Å²) in [6, 6.07) is 8.59.